The van der Waals surface area contributed by atoms with Gasteiger partial charge < -0.3 is 5.32 Å². The zero-order valence-electron chi connectivity index (χ0n) is 13.2. The lowest BCUT2D eigenvalue weighted by Crippen LogP contribution is -2.07. The zero-order valence-corrected chi connectivity index (χ0v) is 14.0. The molecule has 120 valence electrons. The van der Waals surface area contributed by atoms with Crippen LogP contribution >= 0.6 is 11.3 Å². The second-order valence-corrected chi connectivity index (χ2v) is 6.42. The summed E-state index contributed by atoms with van der Waals surface area (Å²) in [7, 11) is 0. The molecule has 0 bridgehead atoms. The number of aromatic nitrogens is 3. The van der Waals surface area contributed by atoms with Crippen molar-refractivity contribution in [2.24, 2.45) is 0 Å². The van der Waals surface area contributed by atoms with Crippen LogP contribution in [0.1, 0.15) is 12.0 Å². The van der Waals surface area contributed by atoms with E-state index < -0.39 is 0 Å². The predicted molar refractivity (Wildman–Crippen MR) is 99.6 cm³/mol. The van der Waals surface area contributed by atoms with Gasteiger partial charge in [-0.3, -0.25) is 4.40 Å². The number of hydrogen-bond donors (Lipinski definition) is 1. The van der Waals surface area contributed by atoms with E-state index in [2.05, 4.69) is 66.8 Å². The van der Waals surface area contributed by atoms with Crippen molar-refractivity contribution in [1.82, 2.24) is 14.4 Å². The minimum atomic E-state index is 0.840. The van der Waals surface area contributed by atoms with Crippen LogP contribution in [0, 0.1) is 0 Å². The van der Waals surface area contributed by atoms with Gasteiger partial charge in [0.05, 0.1) is 11.9 Å². The average Bonchev–Trinajstić information content (AvgIpc) is 3.31. The van der Waals surface area contributed by atoms with Gasteiger partial charge in [0.25, 0.3) is 0 Å². The molecule has 3 heterocycles. The molecule has 0 spiro atoms. The standard InChI is InChI=1S/C19H18N4S/c1-2-5-15(6-3-1)7-4-9-20-18-19-21-10-11-23(19)17(13-22-18)16-8-12-24-14-16/h1-3,5-6,8,10-14H,4,7,9H2,(H,20,22). The van der Waals surface area contributed by atoms with Crippen LogP contribution in [0.5, 0.6) is 0 Å². The van der Waals surface area contributed by atoms with Crippen LogP contribution in [0.4, 0.5) is 5.82 Å². The molecule has 0 amide bonds. The fraction of sp³-hybridized carbons (Fsp3) is 0.158. The van der Waals surface area contributed by atoms with Crippen molar-refractivity contribution in [1.29, 1.82) is 0 Å². The highest BCUT2D eigenvalue weighted by Gasteiger charge is 2.09. The first kappa shape index (κ1) is 14.9. The van der Waals surface area contributed by atoms with Crippen molar-refractivity contribution >= 4 is 22.8 Å². The summed E-state index contributed by atoms with van der Waals surface area (Å²) < 4.78 is 2.09. The van der Waals surface area contributed by atoms with Gasteiger partial charge in [-0.2, -0.15) is 11.3 Å². The SMILES string of the molecule is c1ccc(CCCNc2ncc(-c3ccsc3)n3ccnc23)cc1. The fourth-order valence-corrected chi connectivity index (χ4v) is 3.46. The van der Waals surface area contributed by atoms with Gasteiger partial charge in [-0.25, -0.2) is 9.97 Å². The Hall–Kier alpha value is -2.66. The van der Waals surface area contributed by atoms with Crippen LogP contribution < -0.4 is 5.32 Å². The molecule has 0 radical (unpaired) electrons. The summed E-state index contributed by atoms with van der Waals surface area (Å²) in [5.74, 6) is 0.840. The molecule has 4 rings (SSSR count). The third-order valence-electron chi connectivity index (χ3n) is 4.02. The maximum absolute atomic E-state index is 4.59. The largest absolute Gasteiger partial charge is 0.367 e. The highest BCUT2D eigenvalue weighted by atomic mass is 32.1. The molecule has 0 aliphatic carbocycles. The third-order valence-corrected chi connectivity index (χ3v) is 4.71. The number of aryl methyl sites for hydroxylation is 1. The van der Waals surface area contributed by atoms with E-state index in [1.54, 1.807) is 11.3 Å². The fourth-order valence-electron chi connectivity index (χ4n) is 2.81. The van der Waals surface area contributed by atoms with Crippen LogP contribution in [0.15, 0.2) is 65.7 Å². The quantitative estimate of drug-likeness (QED) is 0.528. The molecule has 0 unspecified atom stereocenters. The Labute approximate surface area is 144 Å². The third kappa shape index (κ3) is 3.03. The number of nitrogens with one attached hydrogen (secondary N) is 1. The van der Waals surface area contributed by atoms with Gasteiger partial charge in [-0.1, -0.05) is 30.3 Å². The van der Waals surface area contributed by atoms with E-state index in [1.807, 2.05) is 18.6 Å². The molecule has 4 nitrogen and oxygen atoms in total. The normalized spacial score (nSPS) is 11.0. The van der Waals surface area contributed by atoms with E-state index in [0.29, 0.717) is 0 Å². The van der Waals surface area contributed by atoms with Gasteiger partial charge >= 0.3 is 0 Å². The van der Waals surface area contributed by atoms with E-state index in [1.165, 1.54) is 11.1 Å². The molecule has 0 saturated carbocycles. The Bertz CT molecular complexity index is 913. The Balaban J connectivity index is 1.47. The lowest BCUT2D eigenvalue weighted by atomic mass is 10.1. The number of thiophene rings is 1. The maximum Gasteiger partial charge on any atom is 0.180 e. The molecule has 5 heteroatoms. The molecular weight excluding hydrogens is 316 g/mol. The molecule has 3 aromatic heterocycles. The van der Waals surface area contributed by atoms with E-state index in [-0.39, 0.29) is 0 Å². The summed E-state index contributed by atoms with van der Waals surface area (Å²) in [4.78, 5) is 9.06. The number of nitrogens with zero attached hydrogens (tertiary/aromatic N) is 3. The summed E-state index contributed by atoms with van der Waals surface area (Å²) in [6.45, 7) is 0.877. The van der Waals surface area contributed by atoms with Gasteiger partial charge in [0, 0.05) is 29.9 Å². The summed E-state index contributed by atoms with van der Waals surface area (Å²) in [6, 6.07) is 12.7. The molecule has 0 fully saturated rings. The molecule has 0 aliphatic heterocycles. The van der Waals surface area contributed by atoms with Crippen molar-refractivity contribution < 1.29 is 0 Å². The Morgan fingerprint density at radius 3 is 2.83 bits per heavy atom. The van der Waals surface area contributed by atoms with Crippen LogP contribution in [0.2, 0.25) is 0 Å². The average molecular weight is 334 g/mol. The topological polar surface area (TPSA) is 42.2 Å². The Morgan fingerprint density at radius 1 is 1.08 bits per heavy atom. The maximum atomic E-state index is 4.59. The van der Waals surface area contributed by atoms with E-state index in [9.17, 15) is 0 Å². The minimum Gasteiger partial charge on any atom is -0.367 e. The first-order valence-electron chi connectivity index (χ1n) is 8.04. The number of anilines is 1. The zero-order chi connectivity index (χ0) is 16.2. The molecule has 24 heavy (non-hydrogen) atoms. The summed E-state index contributed by atoms with van der Waals surface area (Å²) >= 11 is 1.69. The number of rotatable bonds is 6. The Morgan fingerprint density at radius 2 is 2.00 bits per heavy atom. The molecule has 1 aromatic carbocycles. The van der Waals surface area contributed by atoms with Gasteiger partial charge in [-0.15, -0.1) is 0 Å². The lowest BCUT2D eigenvalue weighted by Gasteiger charge is -2.09. The van der Waals surface area contributed by atoms with Gasteiger partial charge in [0.2, 0.25) is 0 Å². The van der Waals surface area contributed by atoms with E-state index in [4.69, 9.17) is 0 Å². The highest BCUT2D eigenvalue weighted by molar-refractivity contribution is 7.08. The van der Waals surface area contributed by atoms with Crippen molar-refractivity contribution in [2.75, 3.05) is 11.9 Å². The summed E-state index contributed by atoms with van der Waals surface area (Å²) in [6.07, 6.45) is 7.84. The van der Waals surface area contributed by atoms with Crippen LogP contribution in [-0.2, 0) is 6.42 Å². The van der Waals surface area contributed by atoms with Crippen LogP contribution in [0.3, 0.4) is 0 Å². The smallest absolute Gasteiger partial charge is 0.180 e. The first-order valence-corrected chi connectivity index (χ1v) is 8.98. The second-order valence-electron chi connectivity index (χ2n) is 5.64. The number of hydrogen-bond acceptors (Lipinski definition) is 4. The molecule has 4 aromatic rings. The molecule has 1 N–H and O–H groups in total. The van der Waals surface area contributed by atoms with Crippen LogP contribution in [-0.4, -0.2) is 20.9 Å². The molecule has 0 atom stereocenters. The van der Waals surface area contributed by atoms with Crippen molar-refractivity contribution in [3.63, 3.8) is 0 Å². The molecule has 0 aliphatic rings. The first-order chi connectivity index (χ1) is 11.9. The highest BCUT2D eigenvalue weighted by Crippen LogP contribution is 2.24. The lowest BCUT2D eigenvalue weighted by molar-refractivity contribution is 0.858. The van der Waals surface area contributed by atoms with Crippen molar-refractivity contribution in [2.45, 2.75) is 12.8 Å². The van der Waals surface area contributed by atoms with Gasteiger partial charge in [0.15, 0.2) is 11.5 Å². The molecule has 0 saturated heterocycles. The van der Waals surface area contributed by atoms with Crippen LogP contribution in [0.25, 0.3) is 16.9 Å². The van der Waals surface area contributed by atoms with Crippen molar-refractivity contribution in [3.05, 3.63) is 71.3 Å². The van der Waals surface area contributed by atoms with Gasteiger partial charge in [-0.05, 0) is 29.9 Å². The number of fused-ring (bicyclic) bond motifs is 1. The summed E-state index contributed by atoms with van der Waals surface area (Å²) in [5, 5.41) is 7.63. The van der Waals surface area contributed by atoms with Crippen molar-refractivity contribution in [3.8, 4) is 11.3 Å². The predicted octanol–water partition coefficient (Wildman–Crippen LogP) is 4.50. The second kappa shape index (κ2) is 6.84. The minimum absolute atomic E-state index is 0.840. The molecular formula is C19H18N4S. The summed E-state index contributed by atoms with van der Waals surface area (Å²) in [5.41, 5.74) is 4.48. The van der Waals surface area contributed by atoms with Gasteiger partial charge in [0.1, 0.15) is 0 Å². The Kier molecular flexibility index (Phi) is 4.25. The van der Waals surface area contributed by atoms with E-state index >= 15 is 0 Å². The van der Waals surface area contributed by atoms with E-state index in [0.717, 1.165) is 36.5 Å². The number of imidazole rings is 1. The number of benzene rings is 1. The monoisotopic (exact) mass is 334 g/mol.